The minimum Gasteiger partial charge on any atom is -0.373 e. The Labute approximate surface area is 90.6 Å². The number of piperidine rings is 1. The largest absolute Gasteiger partial charge is 0.373 e. The van der Waals surface area contributed by atoms with Gasteiger partial charge in [-0.05, 0) is 33.6 Å². The van der Waals surface area contributed by atoms with E-state index in [1.807, 2.05) is 25.7 Å². The molecule has 0 unspecified atom stereocenters. The van der Waals surface area contributed by atoms with Crippen LogP contribution in [0.15, 0.2) is 0 Å². The van der Waals surface area contributed by atoms with Gasteiger partial charge in [0.2, 0.25) is 0 Å². The molecule has 1 rings (SSSR count). The lowest BCUT2D eigenvalue weighted by Gasteiger charge is -2.35. The van der Waals surface area contributed by atoms with Gasteiger partial charge in [0, 0.05) is 13.1 Å². The lowest BCUT2D eigenvalue weighted by molar-refractivity contribution is -0.0852. The molecule has 0 saturated carbocycles. The predicted molar refractivity (Wildman–Crippen MR) is 56.3 cm³/mol. The van der Waals surface area contributed by atoms with Crippen molar-refractivity contribution in [1.29, 1.82) is 0 Å². The van der Waals surface area contributed by atoms with Gasteiger partial charge in [-0.3, -0.25) is 4.90 Å². The Balaban J connectivity index is 2.24. The smallest absolute Gasteiger partial charge is 0.251 e. The first-order valence-corrected chi connectivity index (χ1v) is 5.55. The van der Waals surface area contributed by atoms with E-state index < -0.39 is 6.43 Å². The van der Waals surface area contributed by atoms with E-state index in [2.05, 4.69) is 0 Å². The van der Waals surface area contributed by atoms with E-state index in [-0.39, 0.29) is 18.2 Å². The minimum absolute atomic E-state index is 0.0950. The second-order valence-corrected chi connectivity index (χ2v) is 5.12. The van der Waals surface area contributed by atoms with Crippen LogP contribution in [0.1, 0.15) is 33.6 Å². The van der Waals surface area contributed by atoms with Crippen LogP contribution in [0, 0.1) is 0 Å². The van der Waals surface area contributed by atoms with Gasteiger partial charge in [-0.1, -0.05) is 0 Å². The highest BCUT2D eigenvalue weighted by Gasteiger charge is 2.25. The number of likely N-dealkylation sites (tertiary alicyclic amines) is 1. The molecule has 90 valence electrons. The van der Waals surface area contributed by atoms with E-state index in [0.29, 0.717) is 0 Å². The fraction of sp³-hybridized carbons (Fsp3) is 1.00. The zero-order chi connectivity index (χ0) is 11.5. The first-order chi connectivity index (χ1) is 6.87. The zero-order valence-electron chi connectivity index (χ0n) is 9.80. The SMILES string of the molecule is CC(C)(C)OC1CCN(CC(F)F)CC1. The molecule has 15 heavy (non-hydrogen) atoms. The number of halogens is 2. The van der Waals surface area contributed by atoms with Crippen molar-refractivity contribution in [2.75, 3.05) is 19.6 Å². The average Bonchev–Trinajstić information content (AvgIpc) is 2.05. The molecule has 4 heteroatoms. The zero-order valence-corrected chi connectivity index (χ0v) is 9.80. The van der Waals surface area contributed by atoms with Crippen molar-refractivity contribution in [2.24, 2.45) is 0 Å². The summed E-state index contributed by atoms with van der Waals surface area (Å²) in [5, 5.41) is 0. The number of rotatable bonds is 3. The molecule has 0 aromatic carbocycles. The van der Waals surface area contributed by atoms with Gasteiger partial charge < -0.3 is 4.74 Å². The molecule has 1 saturated heterocycles. The Morgan fingerprint density at radius 1 is 1.27 bits per heavy atom. The highest BCUT2D eigenvalue weighted by atomic mass is 19.3. The van der Waals surface area contributed by atoms with Gasteiger partial charge >= 0.3 is 0 Å². The van der Waals surface area contributed by atoms with Crippen LogP contribution < -0.4 is 0 Å². The second kappa shape index (κ2) is 5.21. The molecule has 0 aliphatic carbocycles. The van der Waals surface area contributed by atoms with Crippen molar-refractivity contribution >= 4 is 0 Å². The van der Waals surface area contributed by atoms with Crippen molar-refractivity contribution in [2.45, 2.75) is 51.7 Å². The molecule has 0 bridgehead atoms. The van der Waals surface area contributed by atoms with Crippen molar-refractivity contribution in [1.82, 2.24) is 4.90 Å². The molecule has 0 spiro atoms. The summed E-state index contributed by atoms with van der Waals surface area (Å²) in [6, 6.07) is 0. The predicted octanol–water partition coefficient (Wildman–Crippen LogP) is 2.53. The van der Waals surface area contributed by atoms with Gasteiger partial charge in [0.05, 0.1) is 18.2 Å². The summed E-state index contributed by atoms with van der Waals surface area (Å²) in [4.78, 5) is 1.81. The van der Waals surface area contributed by atoms with Crippen LogP contribution in [0.3, 0.4) is 0 Å². The van der Waals surface area contributed by atoms with Crippen LogP contribution in [0.5, 0.6) is 0 Å². The maximum absolute atomic E-state index is 12.1. The van der Waals surface area contributed by atoms with Crippen LogP contribution in [0.4, 0.5) is 8.78 Å². The van der Waals surface area contributed by atoms with Crippen molar-refractivity contribution in [3.8, 4) is 0 Å². The molecule has 0 N–H and O–H groups in total. The molecule has 0 atom stereocenters. The molecule has 0 amide bonds. The van der Waals surface area contributed by atoms with Crippen LogP contribution >= 0.6 is 0 Å². The Morgan fingerprint density at radius 2 is 1.80 bits per heavy atom. The van der Waals surface area contributed by atoms with Crippen LogP contribution in [-0.2, 0) is 4.74 Å². The van der Waals surface area contributed by atoms with Gasteiger partial charge in [0.15, 0.2) is 0 Å². The molecule has 1 heterocycles. The lowest BCUT2D eigenvalue weighted by Crippen LogP contribution is -2.41. The van der Waals surface area contributed by atoms with E-state index in [4.69, 9.17) is 4.74 Å². The molecule has 0 radical (unpaired) electrons. The number of hydrogen-bond acceptors (Lipinski definition) is 2. The normalized spacial score (nSPS) is 21.2. The topological polar surface area (TPSA) is 12.5 Å². The Hall–Kier alpha value is -0.220. The summed E-state index contributed by atoms with van der Waals surface area (Å²) >= 11 is 0. The maximum Gasteiger partial charge on any atom is 0.251 e. The quantitative estimate of drug-likeness (QED) is 0.726. The third-order valence-electron chi connectivity index (χ3n) is 2.45. The van der Waals surface area contributed by atoms with E-state index in [1.165, 1.54) is 0 Å². The van der Waals surface area contributed by atoms with Crippen LogP contribution in [-0.4, -0.2) is 42.7 Å². The van der Waals surface area contributed by atoms with Gasteiger partial charge in [0.25, 0.3) is 6.43 Å². The summed E-state index contributed by atoms with van der Waals surface area (Å²) < 4.78 is 30.0. The first kappa shape index (κ1) is 12.8. The highest BCUT2D eigenvalue weighted by molar-refractivity contribution is 4.75. The third-order valence-corrected chi connectivity index (χ3v) is 2.45. The van der Waals surface area contributed by atoms with Crippen molar-refractivity contribution in [3.05, 3.63) is 0 Å². The molecular formula is C11H21F2NO. The van der Waals surface area contributed by atoms with Crippen molar-refractivity contribution < 1.29 is 13.5 Å². The molecule has 0 aromatic rings. The van der Waals surface area contributed by atoms with Crippen molar-refractivity contribution in [3.63, 3.8) is 0 Å². The maximum atomic E-state index is 12.1. The summed E-state index contributed by atoms with van der Waals surface area (Å²) in [7, 11) is 0. The first-order valence-electron chi connectivity index (χ1n) is 5.55. The Kier molecular flexibility index (Phi) is 4.46. The number of alkyl halides is 2. The van der Waals surface area contributed by atoms with E-state index in [1.54, 1.807) is 0 Å². The van der Waals surface area contributed by atoms with Gasteiger partial charge in [-0.15, -0.1) is 0 Å². The fourth-order valence-corrected chi connectivity index (χ4v) is 1.90. The molecule has 1 aliphatic rings. The van der Waals surface area contributed by atoms with E-state index >= 15 is 0 Å². The summed E-state index contributed by atoms with van der Waals surface area (Å²) in [6.45, 7) is 7.44. The minimum atomic E-state index is -2.22. The third kappa shape index (κ3) is 5.42. The lowest BCUT2D eigenvalue weighted by atomic mass is 10.1. The summed E-state index contributed by atoms with van der Waals surface area (Å²) in [6.07, 6.45) is -0.252. The highest BCUT2D eigenvalue weighted by Crippen LogP contribution is 2.20. The molecule has 0 aromatic heterocycles. The summed E-state index contributed by atoms with van der Waals surface area (Å²) in [5.74, 6) is 0. The Morgan fingerprint density at radius 3 is 2.20 bits per heavy atom. The number of ether oxygens (including phenoxy) is 1. The fourth-order valence-electron chi connectivity index (χ4n) is 1.90. The van der Waals surface area contributed by atoms with Crippen LogP contribution in [0.2, 0.25) is 0 Å². The molecule has 1 fully saturated rings. The summed E-state index contributed by atoms with van der Waals surface area (Å²) in [5.41, 5.74) is -0.129. The van der Waals surface area contributed by atoms with E-state index in [0.717, 1.165) is 25.9 Å². The van der Waals surface area contributed by atoms with Crippen LogP contribution in [0.25, 0.3) is 0 Å². The van der Waals surface area contributed by atoms with E-state index in [9.17, 15) is 8.78 Å². The Bertz CT molecular complexity index is 184. The molecule has 1 aliphatic heterocycles. The van der Waals surface area contributed by atoms with Gasteiger partial charge in [-0.25, -0.2) is 8.78 Å². The van der Waals surface area contributed by atoms with Gasteiger partial charge in [-0.2, -0.15) is 0 Å². The standard InChI is InChI=1S/C11H21F2NO/c1-11(2,3)15-9-4-6-14(7-5-9)8-10(12)13/h9-10H,4-8H2,1-3H3. The van der Waals surface area contributed by atoms with Gasteiger partial charge in [0.1, 0.15) is 0 Å². The number of hydrogen-bond donors (Lipinski definition) is 0. The number of nitrogens with zero attached hydrogens (tertiary/aromatic N) is 1. The monoisotopic (exact) mass is 221 g/mol. The average molecular weight is 221 g/mol. The second-order valence-electron chi connectivity index (χ2n) is 5.12. The molecule has 2 nitrogen and oxygen atoms in total. The molecular weight excluding hydrogens is 200 g/mol.